The van der Waals surface area contributed by atoms with E-state index in [1.54, 1.807) is 0 Å². The minimum Gasteiger partial charge on any atom is -0.481 e. The Morgan fingerprint density at radius 3 is 2.62 bits per heavy atom. The van der Waals surface area contributed by atoms with E-state index in [1.807, 2.05) is 6.92 Å². The number of unbranched alkanes of at least 4 members (excludes halogenated alkanes) is 1. The molecule has 1 N–H and O–H groups in total. The quantitative estimate of drug-likeness (QED) is 0.579. The molecule has 2 unspecified atom stereocenters. The number of rotatable bonds is 5. The lowest BCUT2D eigenvalue weighted by Crippen LogP contribution is -2.28. The highest BCUT2D eigenvalue weighted by Gasteiger charge is 2.31. The maximum absolute atomic E-state index is 11.6. The zero-order valence-electron chi connectivity index (χ0n) is 9.78. The predicted octanol–water partition coefficient (Wildman–Crippen LogP) is 2.22. The van der Waals surface area contributed by atoms with Gasteiger partial charge < -0.3 is 9.84 Å². The molecule has 0 saturated heterocycles. The molecular formula is C12H20O4. The number of carbonyl (C=O) groups is 2. The third kappa shape index (κ3) is 3.83. The van der Waals surface area contributed by atoms with E-state index in [2.05, 4.69) is 0 Å². The molecule has 0 aromatic carbocycles. The highest BCUT2D eigenvalue weighted by atomic mass is 16.5. The van der Waals surface area contributed by atoms with Crippen molar-refractivity contribution < 1.29 is 19.4 Å². The lowest BCUT2D eigenvalue weighted by Gasteiger charge is -2.24. The van der Waals surface area contributed by atoms with Gasteiger partial charge in [-0.2, -0.15) is 0 Å². The van der Waals surface area contributed by atoms with Crippen molar-refractivity contribution in [1.29, 1.82) is 0 Å². The number of carboxylic acids is 1. The summed E-state index contributed by atoms with van der Waals surface area (Å²) in [6.07, 6.45) is 4.59. The van der Waals surface area contributed by atoms with Crippen LogP contribution in [0.15, 0.2) is 0 Å². The van der Waals surface area contributed by atoms with Crippen LogP contribution in [0.1, 0.15) is 45.4 Å². The van der Waals surface area contributed by atoms with Gasteiger partial charge in [-0.05, 0) is 25.7 Å². The number of carbonyl (C=O) groups excluding carboxylic acids is 1. The van der Waals surface area contributed by atoms with Gasteiger partial charge in [-0.3, -0.25) is 9.59 Å². The Bertz CT molecular complexity index is 249. The van der Waals surface area contributed by atoms with Crippen molar-refractivity contribution >= 4 is 11.9 Å². The van der Waals surface area contributed by atoms with Gasteiger partial charge in [0.25, 0.3) is 0 Å². The Morgan fingerprint density at radius 2 is 2.00 bits per heavy atom. The molecule has 0 amide bonds. The van der Waals surface area contributed by atoms with Crippen LogP contribution in [0.3, 0.4) is 0 Å². The van der Waals surface area contributed by atoms with Crippen LogP contribution in [-0.4, -0.2) is 23.7 Å². The number of ether oxygens (including phenoxy) is 1. The molecule has 4 heteroatoms. The molecular weight excluding hydrogens is 208 g/mol. The molecule has 0 aromatic heterocycles. The van der Waals surface area contributed by atoms with Gasteiger partial charge in [-0.25, -0.2) is 0 Å². The molecule has 2 atom stereocenters. The second kappa shape index (κ2) is 6.51. The Balaban J connectivity index is 2.35. The second-order valence-electron chi connectivity index (χ2n) is 4.42. The zero-order valence-corrected chi connectivity index (χ0v) is 9.78. The van der Waals surface area contributed by atoms with E-state index in [0.717, 1.165) is 25.7 Å². The van der Waals surface area contributed by atoms with Crippen LogP contribution in [0.25, 0.3) is 0 Å². The first-order valence-corrected chi connectivity index (χ1v) is 6.04. The van der Waals surface area contributed by atoms with Gasteiger partial charge in [0.2, 0.25) is 0 Å². The number of hydrogen-bond acceptors (Lipinski definition) is 3. The minimum absolute atomic E-state index is 0.202. The molecule has 0 aromatic rings. The fourth-order valence-electron chi connectivity index (χ4n) is 2.06. The first-order valence-electron chi connectivity index (χ1n) is 6.04. The predicted molar refractivity (Wildman–Crippen MR) is 59.0 cm³/mol. The average Bonchev–Trinajstić information content (AvgIpc) is 2.29. The van der Waals surface area contributed by atoms with E-state index in [9.17, 15) is 9.59 Å². The molecule has 1 aliphatic carbocycles. The summed E-state index contributed by atoms with van der Waals surface area (Å²) in [5, 5.41) is 8.90. The monoisotopic (exact) mass is 228 g/mol. The smallest absolute Gasteiger partial charge is 0.308 e. The molecule has 16 heavy (non-hydrogen) atoms. The van der Waals surface area contributed by atoms with E-state index in [0.29, 0.717) is 19.4 Å². The molecule has 92 valence electrons. The van der Waals surface area contributed by atoms with E-state index in [4.69, 9.17) is 9.84 Å². The number of hydrogen-bond donors (Lipinski definition) is 1. The maximum Gasteiger partial charge on any atom is 0.308 e. The van der Waals surface area contributed by atoms with Crippen LogP contribution in [0.4, 0.5) is 0 Å². The van der Waals surface area contributed by atoms with Crippen LogP contribution in [0.5, 0.6) is 0 Å². The molecule has 0 heterocycles. The van der Waals surface area contributed by atoms with Crippen LogP contribution in [-0.2, 0) is 14.3 Å². The highest BCUT2D eigenvalue weighted by molar-refractivity contribution is 5.75. The van der Waals surface area contributed by atoms with E-state index < -0.39 is 5.97 Å². The largest absolute Gasteiger partial charge is 0.481 e. The summed E-state index contributed by atoms with van der Waals surface area (Å²) in [5.74, 6) is -1.56. The third-order valence-electron chi connectivity index (χ3n) is 3.10. The van der Waals surface area contributed by atoms with E-state index in [1.165, 1.54) is 0 Å². The lowest BCUT2D eigenvalue weighted by atomic mass is 9.81. The van der Waals surface area contributed by atoms with Crippen LogP contribution in [0, 0.1) is 11.8 Å². The topological polar surface area (TPSA) is 63.6 Å². The van der Waals surface area contributed by atoms with Crippen molar-refractivity contribution in [3.8, 4) is 0 Å². The van der Waals surface area contributed by atoms with E-state index in [-0.39, 0.29) is 17.8 Å². The van der Waals surface area contributed by atoms with Crippen LogP contribution >= 0.6 is 0 Å². The highest BCUT2D eigenvalue weighted by Crippen LogP contribution is 2.30. The number of aliphatic carboxylic acids is 1. The molecule has 1 fully saturated rings. The van der Waals surface area contributed by atoms with Crippen molar-refractivity contribution in [2.75, 3.05) is 6.61 Å². The molecule has 0 aliphatic heterocycles. The first-order chi connectivity index (χ1) is 7.65. The summed E-state index contributed by atoms with van der Waals surface area (Å²) in [4.78, 5) is 22.5. The zero-order chi connectivity index (χ0) is 12.0. The molecule has 0 spiro atoms. The summed E-state index contributed by atoms with van der Waals surface area (Å²) >= 11 is 0. The molecule has 1 rings (SSSR count). The van der Waals surface area contributed by atoms with Crippen molar-refractivity contribution in [3.63, 3.8) is 0 Å². The minimum atomic E-state index is -0.786. The fraction of sp³-hybridized carbons (Fsp3) is 0.833. The van der Waals surface area contributed by atoms with Gasteiger partial charge in [-0.1, -0.05) is 19.8 Å². The molecule has 1 aliphatic rings. The fourth-order valence-corrected chi connectivity index (χ4v) is 2.06. The van der Waals surface area contributed by atoms with Gasteiger partial charge in [-0.15, -0.1) is 0 Å². The SMILES string of the molecule is CCCCOC(=O)C1CCCC(C(=O)O)C1. The normalized spacial score (nSPS) is 25.1. The summed E-state index contributed by atoms with van der Waals surface area (Å²) in [6, 6.07) is 0. The summed E-state index contributed by atoms with van der Waals surface area (Å²) in [6.45, 7) is 2.50. The summed E-state index contributed by atoms with van der Waals surface area (Å²) in [7, 11) is 0. The van der Waals surface area contributed by atoms with Crippen molar-refractivity contribution in [3.05, 3.63) is 0 Å². The van der Waals surface area contributed by atoms with E-state index >= 15 is 0 Å². The molecule has 0 bridgehead atoms. The lowest BCUT2D eigenvalue weighted by molar-refractivity contribution is -0.152. The van der Waals surface area contributed by atoms with Gasteiger partial charge in [0.15, 0.2) is 0 Å². The number of esters is 1. The van der Waals surface area contributed by atoms with Gasteiger partial charge in [0.05, 0.1) is 18.4 Å². The Hall–Kier alpha value is -1.06. The van der Waals surface area contributed by atoms with Gasteiger partial charge in [0.1, 0.15) is 0 Å². The molecule has 4 nitrogen and oxygen atoms in total. The van der Waals surface area contributed by atoms with Crippen LogP contribution in [0.2, 0.25) is 0 Å². The van der Waals surface area contributed by atoms with Gasteiger partial charge in [0, 0.05) is 0 Å². The number of carboxylic acid groups (broad SMARTS) is 1. The van der Waals surface area contributed by atoms with Crippen LogP contribution < -0.4 is 0 Å². The Morgan fingerprint density at radius 1 is 1.31 bits per heavy atom. The molecule has 0 radical (unpaired) electrons. The standard InChI is InChI=1S/C12H20O4/c1-2-3-7-16-12(15)10-6-4-5-9(8-10)11(13)14/h9-10H,2-8H2,1H3,(H,13,14). The molecule has 1 saturated carbocycles. The second-order valence-corrected chi connectivity index (χ2v) is 4.42. The third-order valence-corrected chi connectivity index (χ3v) is 3.10. The van der Waals surface area contributed by atoms with Gasteiger partial charge >= 0.3 is 11.9 Å². The van der Waals surface area contributed by atoms with Crippen molar-refractivity contribution in [1.82, 2.24) is 0 Å². The Labute approximate surface area is 96.0 Å². The maximum atomic E-state index is 11.6. The summed E-state index contributed by atoms with van der Waals surface area (Å²) < 4.78 is 5.12. The Kier molecular flexibility index (Phi) is 5.29. The average molecular weight is 228 g/mol. The first kappa shape index (κ1) is 13.0. The van der Waals surface area contributed by atoms with Crippen molar-refractivity contribution in [2.45, 2.75) is 45.4 Å². The summed E-state index contributed by atoms with van der Waals surface area (Å²) in [5.41, 5.74) is 0. The van der Waals surface area contributed by atoms with Crippen molar-refractivity contribution in [2.24, 2.45) is 11.8 Å².